The zero-order chi connectivity index (χ0) is 42.4. The molecule has 3 fully saturated rings. The van der Waals surface area contributed by atoms with E-state index in [1.54, 1.807) is 88.0 Å². The van der Waals surface area contributed by atoms with E-state index in [9.17, 15) is 33.6 Å². The Morgan fingerprint density at radius 2 is 0.946 bits per heavy atom. The van der Waals surface area contributed by atoms with Crippen molar-refractivity contribution in [2.45, 2.75) is 150 Å². The van der Waals surface area contributed by atoms with Gasteiger partial charge in [0.25, 0.3) is 11.8 Å². The van der Waals surface area contributed by atoms with Gasteiger partial charge in [0.15, 0.2) is 0 Å². The molecule has 16 nitrogen and oxygen atoms in total. The van der Waals surface area contributed by atoms with E-state index in [-0.39, 0.29) is 58.0 Å². The standard InChI is InChI=1S/C40H66N4O12/c1-36(2,3)52-31(47)21-41-19-20-42(22-32(48)53-37(4,5)6)26-40(25-41,43(23-33(49)54-38(7,8)9)24-34(50)55-39(10,11)12)28-15-13-27(14-16-28)35(51)56-44-29(45)17-18-30(44)46/h27-28H,13-26H2,1-12H3/t27-,28-. The molecule has 0 atom stereocenters. The lowest BCUT2D eigenvalue weighted by atomic mass is 9.70. The molecule has 3 rings (SSSR count). The van der Waals surface area contributed by atoms with Gasteiger partial charge in [-0.1, -0.05) is 0 Å². The molecule has 1 aliphatic carbocycles. The molecule has 56 heavy (non-hydrogen) atoms. The molecule has 0 N–H and O–H groups in total. The van der Waals surface area contributed by atoms with Crippen LogP contribution in [-0.2, 0) is 57.3 Å². The summed E-state index contributed by atoms with van der Waals surface area (Å²) < 4.78 is 23.0. The van der Waals surface area contributed by atoms with E-state index in [0.29, 0.717) is 43.8 Å². The molecule has 0 aromatic carbocycles. The number of hydrogen-bond donors (Lipinski definition) is 0. The van der Waals surface area contributed by atoms with E-state index in [2.05, 4.69) is 0 Å². The third-order valence-corrected chi connectivity index (χ3v) is 9.39. The third-order valence-electron chi connectivity index (χ3n) is 9.39. The molecule has 3 aliphatic rings. The van der Waals surface area contributed by atoms with E-state index in [0.717, 1.165) is 0 Å². The lowest BCUT2D eigenvalue weighted by molar-refractivity contribution is -0.201. The van der Waals surface area contributed by atoms with Gasteiger partial charge in [-0.2, -0.15) is 0 Å². The lowest BCUT2D eigenvalue weighted by Crippen LogP contribution is -2.66. The maximum absolute atomic E-state index is 13.8. The SMILES string of the molecule is CC(C)(C)OC(=O)CN1CCN(CC(=O)OC(C)(C)C)CC([C@H]2CC[C@H](C(=O)ON3C(=O)CCC3=O)CC2)(N(CC(=O)OC(C)(C)C)CC(=O)OC(C)(C)C)C1. The summed E-state index contributed by atoms with van der Waals surface area (Å²) in [4.78, 5) is 103. The van der Waals surface area contributed by atoms with Gasteiger partial charge in [-0.25, -0.2) is 4.79 Å². The molecule has 0 spiro atoms. The fraction of sp³-hybridized carbons (Fsp3) is 0.825. The van der Waals surface area contributed by atoms with Crippen LogP contribution < -0.4 is 0 Å². The van der Waals surface area contributed by atoms with Gasteiger partial charge in [-0.05, 0) is 115 Å². The van der Waals surface area contributed by atoms with E-state index >= 15 is 0 Å². The largest absolute Gasteiger partial charge is 0.459 e. The molecule has 318 valence electrons. The van der Waals surface area contributed by atoms with Gasteiger partial charge >= 0.3 is 29.8 Å². The Kier molecular flexibility index (Phi) is 15.3. The topological polar surface area (TPSA) is 179 Å². The number of hydrogen-bond acceptors (Lipinski definition) is 15. The molecule has 0 bridgehead atoms. The first-order chi connectivity index (χ1) is 25.5. The van der Waals surface area contributed by atoms with Gasteiger partial charge in [0.2, 0.25) is 0 Å². The van der Waals surface area contributed by atoms with Crippen molar-refractivity contribution in [1.82, 2.24) is 19.8 Å². The monoisotopic (exact) mass is 794 g/mol. The van der Waals surface area contributed by atoms with Crippen LogP contribution in [0.3, 0.4) is 0 Å². The highest BCUT2D eigenvalue weighted by molar-refractivity contribution is 6.01. The molecule has 0 radical (unpaired) electrons. The van der Waals surface area contributed by atoms with Crippen LogP contribution in [0.2, 0.25) is 0 Å². The number of amides is 2. The van der Waals surface area contributed by atoms with E-state index < -0.39 is 75.5 Å². The Labute approximate surface area is 332 Å². The number of carbonyl (C=O) groups is 7. The summed E-state index contributed by atoms with van der Waals surface area (Å²) in [6, 6.07) is 0. The highest BCUT2D eigenvalue weighted by Crippen LogP contribution is 2.42. The van der Waals surface area contributed by atoms with E-state index in [1.807, 2.05) is 9.80 Å². The molecule has 16 heteroatoms. The molecular weight excluding hydrogens is 728 g/mol. The number of carbonyl (C=O) groups excluding carboxylic acids is 7. The van der Waals surface area contributed by atoms with Crippen molar-refractivity contribution >= 4 is 41.7 Å². The fourth-order valence-electron chi connectivity index (χ4n) is 7.48. The lowest BCUT2D eigenvalue weighted by Gasteiger charge is -2.52. The predicted molar refractivity (Wildman–Crippen MR) is 203 cm³/mol. The minimum atomic E-state index is -1.11. The second-order valence-electron chi connectivity index (χ2n) is 19.3. The number of nitrogens with zero attached hydrogens (tertiary/aromatic N) is 4. The summed E-state index contributed by atoms with van der Waals surface area (Å²) in [7, 11) is 0. The molecule has 0 unspecified atom stereocenters. The van der Waals surface area contributed by atoms with Crippen molar-refractivity contribution in [3.05, 3.63) is 0 Å². The molecule has 2 heterocycles. The number of ether oxygens (including phenoxy) is 4. The van der Waals surface area contributed by atoms with E-state index in [4.69, 9.17) is 23.8 Å². The van der Waals surface area contributed by atoms with Crippen LogP contribution in [0.1, 0.15) is 122 Å². The first-order valence-corrected chi connectivity index (χ1v) is 19.7. The highest BCUT2D eigenvalue weighted by Gasteiger charge is 2.51. The van der Waals surface area contributed by atoms with Crippen molar-refractivity contribution in [3.8, 4) is 0 Å². The maximum Gasteiger partial charge on any atom is 0.336 e. The Morgan fingerprint density at radius 3 is 1.30 bits per heavy atom. The number of hydroxylamine groups is 2. The van der Waals surface area contributed by atoms with Crippen LogP contribution in [-0.4, -0.2) is 142 Å². The second kappa shape index (κ2) is 18.3. The van der Waals surface area contributed by atoms with Crippen molar-refractivity contribution in [1.29, 1.82) is 0 Å². The minimum absolute atomic E-state index is 0.0217. The smallest absolute Gasteiger partial charge is 0.336 e. The van der Waals surface area contributed by atoms with Crippen LogP contribution >= 0.6 is 0 Å². The Hall–Kier alpha value is -3.63. The van der Waals surface area contributed by atoms with Gasteiger partial charge < -0.3 is 23.8 Å². The summed E-state index contributed by atoms with van der Waals surface area (Å²) in [6.07, 6.45) is 1.39. The molecule has 0 aromatic rings. The maximum atomic E-state index is 13.8. The van der Waals surface area contributed by atoms with Gasteiger partial charge in [0.05, 0.1) is 37.6 Å². The van der Waals surface area contributed by atoms with Crippen LogP contribution in [0.15, 0.2) is 0 Å². The second-order valence-corrected chi connectivity index (χ2v) is 19.3. The fourth-order valence-corrected chi connectivity index (χ4v) is 7.48. The molecule has 1 saturated carbocycles. The summed E-state index contributed by atoms with van der Waals surface area (Å²) in [5.41, 5.74) is -4.29. The first kappa shape index (κ1) is 46.8. The summed E-state index contributed by atoms with van der Waals surface area (Å²) >= 11 is 0. The average molecular weight is 795 g/mol. The number of esters is 4. The van der Waals surface area contributed by atoms with E-state index in [1.165, 1.54) is 0 Å². The predicted octanol–water partition coefficient (Wildman–Crippen LogP) is 3.43. The Bertz CT molecular complexity index is 1370. The molecule has 2 aliphatic heterocycles. The minimum Gasteiger partial charge on any atom is -0.459 e. The van der Waals surface area contributed by atoms with Crippen LogP contribution in [0.4, 0.5) is 0 Å². The summed E-state index contributed by atoms with van der Waals surface area (Å²) in [5.74, 6) is -4.85. The molecule has 2 saturated heterocycles. The molecule has 2 amide bonds. The Balaban J connectivity index is 2.13. The van der Waals surface area contributed by atoms with Crippen LogP contribution in [0.25, 0.3) is 0 Å². The van der Waals surface area contributed by atoms with Crippen molar-refractivity contribution in [3.63, 3.8) is 0 Å². The normalized spacial score (nSPS) is 21.7. The van der Waals surface area contributed by atoms with Gasteiger partial charge in [-0.3, -0.25) is 43.5 Å². The first-order valence-electron chi connectivity index (χ1n) is 19.7. The Morgan fingerprint density at radius 1 is 0.589 bits per heavy atom. The average Bonchev–Trinajstić information content (AvgIpc) is 3.19. The quantitative estimate of drug-likeness (QED) is 0.159. The van der Waals surface area contributed by atoms with Gasteiger partial charge in [0.1, 0.15) is 22.4 Å². The van der Waals surface area contributed by atoms with Crippen molar-refractivity contribution < 1.29 is 57.3 Å². The van der Waals surface area contributed by atoms with Gasteiger partial charge in [-0.15, -0.1) is 5.06 Å². The zero-order valence-electron chi connectivity index (χ0n) is 35.7. The van der Waals surface area contributed by atoms with Crippen LogP contribution in [0.5, 0.6) is 0 Å². The van der Waals surface area contributed by atoms with Crippen molar-refractivity contribution in [2.24, 2.45) is 11.8 Å². The summed E-state index contributed by atoms with van der Waals surface area (Å²) in [6.45, 7) is 21.4. The number of imide groups is 1. The van der Waals surface area contributed by atoms with Crippen LogP contribution in [0, 0.1) is 11.8 Å². The highest BCUT2D eigenvalue weighted by atomic mass is 16.7. The summed E-state index contributed by atoms with van der Waals surface area (Å²) in [5, 5.41) is 0.549. The van der Waals surface area contributed by atoms with Gasteiger partial charge in [0, 0.05) is 39.0 Å². The molecule has 0 aromatic heterocycles. The molecular formula is C40H66N4O12. The zero-order valence-corrected chi connectivity index (χ0v) is 35.7. The third kappa shape index (κ3) is 15.0. The number of rotatable bonds is 12. The van der Waals surface area contributed by atoms with Crippen molar-refractivity contribution in [2.75, 3.05) is 52.4 Å².